The summed E-state index contributed by atoms with van der Waals surface area (Å²) in [5, 5.41) is 3.13. The summed E-state index contributed by atoms with van der Waals surface area (Å²) in [5.74, 6) is 3.97. The molecule has 0 atom stereocenters. The minimum atomic E-state index is -2.24. The molecule has 4 heterocycles. The van der Waals surface area contributed by atoms with Gasteiger partial charge in [-0.1, -0.05) is 147 Å². The number of para-hydroxylation sites is 4. The van der Waals surface area contributed by atoms with Crippen LogP contribution in [0, 0.1) is 0 Å². The number of benzene rings is 4. The van der Waals surface area contributed by atoms with Crippen LogP contribution in [0.25, 0.3) is 68.1 Å². The maximum atomic E-state index is 6.36. The molecule has 8 aromatic rings. The van der Waals surface area contributed by atoms with E-state index in [1.807, 2.05) is 72.8 Å². The zero-order valence-electron chi connectivity index (χ0n) is 29.8. The van der Waals surface area contributed by atoms with Crippen molar-refractivity contribution in [2.24, 2.45) is 0 Å². The van der Waals surface area contributed by atoms with Gasteiger partial charge in [0.1, 0.15) is 30.6 Å². The summed E-state index contributed by atoms with van der Waals surface area (Å²) in [6, 6.07) is 42.7. The van der Waals surface area contributed by atoms with Crippen molar-refractivity contribution >= 4 is 40.6 Å². The predicted molar refractivity (Wildman–Crippen MR) is 213 cm³/mol. The van der Waals surface area contributed by atoms with E-state index in [4.69, 9.17) is 17.7 Å². The highest BCUT2D eigenvalue weighted by molar-refractivity contribution is 7.04. The molecule has 0 aliphatic heterocycles. The van der Waals surface area contributed by atoms with E-state index in [1.165, 1.54) is 64.2 Å². The molecule has 6 nitrogen and oxygen atoms in total. The molecule has 0 N–H and O–H groups in total. The Bertz CT molecular complexity index is 2250. The topological polar surface area (TPSA) is 78.3 Å². The van der Waals surface area contributed by atoms with Crippen LogP contribution in [-0.4, -0.2) is 18.0 Å². The van der Waals surface area contributed by atoms with Crippen molar-refractivity contribution in [1.29, 1.82) is 0 Å². The first-order valence-corrected chi connectivity index (χ1v) is 21.5. The lowest BCUT2D eigenvalue weighted by molar-refractivity contribution is 0.459. The molecule has 0 spiro atoms. The Kier molecular flexibility index (Phi) is 8.24. The monoisotopic (exact) mass is 714 g/mol. The Morgan fingerprint density at radius 2 is 0.792 bits per heavy atom. The van der Waals surface area contributed by atoms with Gasteiger partial charge < -0.3 is 17.7 Å². The third kappa shape index (κ3) is 5.78. The minimum absolute atomic E-state index is 0.510. The van der Waals surface area contributed by atoms with Crippen molar-refractivity contribution in [2.45, 2.75) is 75.3 Å². The van der Waals surface area contributed by atoms with E-state index < -0.39 is 8.07 Å². The van der Waals surface area contributed by atoms with Gasteiger partial charge in [0.25, 0.3) is 11.8 Å². The fraction of sp³-hybridized carbons (Fsp3) is 0.261. The molecule has 0 radical (unpaired) electrons. The summed E-state index contributed by atoms with van der Waals surface area (Å²) >= 11 is 0. The molecule has 2 saturated carbocycles. The van der Waals surface area contributed by atoms with Crippen molar-refractivity contribution in [3.8, 4) is 45.9 Å². The first-order chi connectivity index (χ1) is 26.2. The summed E-state index contributed by atoms with van der Waals surface area (Å²) in [6.07, 6.45) is 13.3. The molecule has 0 bridgehead atoms. The lowest BCUT2D eigenvalue weighted by atomic mass is 9.99. The molecule has 4 aromatic heterocycles. The number of hydrogen-bond donors (Lipinski definition) is 0. The van der Waals surface area contributed by atoms with E-state index in [9.17, 15) is 0 Å². The van der Waals surface area contributed by atoms with Crippen LogP contribution in [-0.2, 0) is 0 Å². The lowest BCUT2D eigenvalue weighted by Crippen LogP contribution is -2.65. The Labute approximate surface area is 309 Å². The van der Waals surface area contributed by atoms with Crippen LogP contribution in [0.5, 0.6) is 0 Å². The standard InChI is InChI=1S/C46H42N2O4Si/c1-3-11-33(12-4-1)53(34-13-5-2-6-14-34,35-23-19-31(20-24-35)39-27-29-43(49-39)45-47-37-15-7-9-17-41(37)51-45)36-25-21-32(22-26-36)40-28-30-44(50-40)46-48-38-16-8-10-18-42(38)52-46/h7-10,15-30,33-34H,1-6,11-14H2. The second kappa shape index (κ2) is 13.5. The average molecular weight is 715 g/mol. The van der Waals surface area contributed by atoms with Crippen LogP contribution in [0.4, 0.5) is 0 Å². The molecule has 10 rings (SSSR count). The molecule has 0 amide bonds. The van der Waals surface area contributed by atoms with Crippen LogP contribution in [0.3, 0.4) is 0 Å². The van der Waals surface area contributed by atoms with Crippen LogP contribution < -0.4 is 10.4 Å². The van der Waals surface area contributed by atoms with E-state index in [0.29, 0.717) is 23.3 Å². The van der Waals surface area contributed by atoms with E-state index in [2.05, 4.69) is 58.5 Å². The number of rotatable bonds is 8. The summed E-state index contributed by atoms with van der Waals surface area (Å²) in [6.45, 7) is 0. The van der Waals surface area contributed by atoms with Crippen molar-refractivity contribution < 1.29 is 17.7 Å². The number of nitrogens with zero attached hydrogens (tertiary/aromatic N) is 2. The zero-order chi connectivity index (χ0) is 35.2. The molecular formula is C46H42N2O4Si. The maximum Gasteiger partial charge on any atom is 0.263 e. The molecule has 2 aliphatic rings. The van der Waals surface area contributed by atoms with E-state index in [0.717, 1.165) is 55.9 Å². The normalized spacial score (nSPS) is 16.2. The van der Waals surface area contributed by atoms with Crippen molar-refractivity contribution in [1.82, 2.24) is 9.97 Å². The summed E-state index contributed by atoms with van der Waals surface area (Å²) in [7, 11) is -2.24. The molecule has 53 heavy (non-hydrogen) atoms. The van der Waals surface area contributed by atoms with E-state index in [1.54, 1.807) is 10.4 Å². The zero-order valence-corrected chi connectivity index (χ0v) is 30.8. The fourth-order valence-corrected chi connectivity index (χ4v) is 16.5. The third-order valence-electron chi connectivity index (χ3n) is 12.0. The SMILES string of the molecule is c1ccc2oc(-c3ccc(-c4ccc([Si](c5ccc(-c6ccc(-c7nc8ccccc8o7)o6)cc5)(C5CCCCC5)C5CCCCC5)cc4)o3)nc2c1. The van der Waals surface area contributed by atoms with Gasteiger partial charge in [0.15, 0.2) is 22.7 Å². The fourth-order valence-electron chi connectivity index (χ4n) is 9.55. The molecule has 2 fully saturated rings. The molecule has 7 heteroatoms. The van der Waals surface area contributed by atoms with Gasteiger partial charge in [0.05, 0.1) is 0 Å². The highest BCUT2D eigenvalue weighted by atomic mass is 28.3. The number of oxazole rings is 2. The highest BCUT2D eigenvalue weighted by Crippen LogP contribution is 2.48. The van der Waals surface area contributed by atoms with Crippen molar-refractivity contribution in [3.05, 3.63) is 121 Å². The largest absolute Gasteiger partial charge is 0.451 e. The Balaban J connectivity index is 1.01. The Hall–Kier alpha value is -5.40. The number of aromatic nitrogens is 2. The predicted octanol–water partition coefficient (Wildman–Crippen LogP) is 12.1. The molecule has 0 saturated heterocycles. The molecule has 264 valence electrons. The van der Waals surface area contributed by atoms with Crippen molar-refractivity contribution in [3.63, 3.8) is 0 Å². The first-order valence-electron chi connectivity index (χ1n) is 19.4. The van der Waals surface area contributed by atoms with Crippen LogP contribution in [0.15, 0.2) is 139 Å². The third-order valence-corrected chi connectivity index (χ3v) is 18.3. The van der Waals surface area contributed by atoms with Gasteiger partial charge in [0.2, 0.25) is 0 Å². The maximum absolute atomic E-state index is 6.36. The average Bonchev–Trinajstić information content (AvgIpc) is 4.05. The van der Waals surface area contributed by atoms with Gasteiger partial charge in [-0.2, -0.15) is 0 Å². The van der Waals surface area contributed by atoms with Crippen LogP contribution in [0.1, 0.15) is 64.2 Å². The smallest absolute Gasteiger partial charge is 0.263 e. The van der Waals surface area contributed by atoms with E-state index in [-0.39, 0.29) is 0 Å². The van der Waals surface area contributed by atoms with Gasteiger partial charge in [-0.05, 0) is 59.6 Å². The Morgan fingerprint density at radius 3 is 1.21 bits per heavy atom. The van der Waals surface area contributed by atoms with Gasteiger partial charge in [0, 0.05) is 11.1 Å². The van der Waals surface area contributed by atoms with Crippen molar-refractivity contribution in [2.75, 3.05) is 0 Å². The molecule has 0 unspecified atom stereocenters. The molecule has 4 aromatic carbocycles. The minimum Gasteiger partial charge on any atom is -0.451 e. The first kappa shape index (κ1) is 32.3. The van der Waals surface area contributed by atoms with Crippen LogP contribution in [0.2, 0.25) is 11.1 Å². The number of furan rings is 2. The second-order valence-electron chi connectivity index (χ2n) is 15.0. The molecular weight excluding hydrogens is 673 g/mol. The van der Waals surface area contributed by atoms with Gasteiger partial charge in [-0.15, -0.1) is 0 Å². The van der Waals surface area contributed by atoms with Gasteiger partial charge >= 0.3 is 0 Å². The Morgan fingerprint density at radius 1 is 0.396 bits per heavy atom. The molecule has 2 aliphatic carbocycles. The number of fused-ring (bicyclic) bond motifs is 2. The summed E-state index contributed by atoms with van der Waals surface area (Å²) < 4.78 is 24.7. The highest BCUT2D eigenvalue weighted by Gasteiger charge is 2.50. The van der Waals surface area contributed by atoms with Crippen LogP contribution >= 0.6 is 0 Å². The number of hydrogen-bond acceptors (Lipinski definition) is 6. The lowest BCUT2D eigenvalue weighted by Gasteiger charge is -2.48. The summed E-state index contributed by atoms with van der Waals surface area (Å²) in [5.41, 5.74) is 6.79. The van der Waals surface area contributed by atoms with Gasteiger partial charge in [-0.25, -0.2) is 9.97 Å². The summed E-state index contributed by atoms with van der Waals surface area (Å²) in [4.78, 5) is 9.31. The van der Waals surface area contributed by atoms with Gasteiger partial charge in [-0.3, -0.25) is 0 Å². The second-order valence-corrected chi connectivity index (χ2v) is 19.5. The van der Waals surface area contributed by atoms with E-state index >= 15 is 0 Å². The quantitative estimate of drug-likeness (QED) is 0.146.